The van der Waals surface area contributed by atoms with E-state index >= 15 is 0 Å². The molecule has 0 radical (unpaired) electrons. The van der Waals surface area contributed by atoms with Gasteiger partial charge in [0, 0.05) is 4.88 Å². The third-order valence-electron chi connectivity index (χ3n) is 4.70. The predicted molar refractivity (Wildman–Crippen MR) is 98.2 cm³/mol. The van der Waals surface area contributed by atoms with Gasteiger partial charge in [-0.1, -0.05) is 36.4 Å². The van der Waals surface area contributed by atoms with Crippen LogP contribution in [0.15, 0.2) is 47.8 Å². The highest BCUT2D eigenvalue weighted by atomic mass is 32.1. The minimum Gasteiger partial charge on any atom is -0.369 e. The van der Waals surface area contributed by atoms with Crippen LogP contribution in [0.3, 0.4) is 0 Å². The van der Waals surface area contributed by atoms with Gasteiger partial charge in [0.15, 0.2) is 6.54 Å². The lowest BCUT2D eigenvalue weighted by atomic mass is 9.97. The first-order valence-corrected chi connectivity index (χ1v) is 9.52. The van der Waals surface area contributed by atoms with Gasteiger partial charge < -0.3 is 16.0 Å². The highest BCUT2D eigenvalue weighted by Crippen LogP contribution is 2.25. The molecule has 2 amide bonds. The Morgan fingerprint density at radius 1 is 1.24 bits per heavy atom. The zero-order valence-electron chi connectivity index (χ0n) is 14.1. The van der Waals surface area contributed by atoms with Crippen molar-refractivity contribution in [3.8, 4) is 0 Å². The van der Waals surface area contributed by atoms with Crippen LogP contribution in [-0.2, 0) is 9.59 Å². The summed E-state index contributed by atoms with van der Waals surface area (Å²) >= 11 is 1.64. The van der Waals surface area contributed by atoms with Gasteiger partial charge in [0.25, 0.3) is 5.91 Å². The quantitative estimate of drug-likeness (QED) is 0.712. The second-order valence-electron chi connectivity index (χ2n) is 6.55. The summed E-state index contributed by atoms with van der Waals surface area (Å²) in [4.78, 5) is 26.3. The van der Waals surface area contributed by atoms with E-state index in [-0.39, 0.29) is 23.8 Å². The highest BCUT2D eigenvalue weighted by molar-refractivity contribution is 7.10. The molecule has 1 fully saturated rings. The summed E-state index contributed by atoms with van der Waals surface area (Å²) in [6.07, 6.45) is 1.77. The van der Waals surface area contributed by atoms with Crippen LogP contribution in [-0.4, -0.2) is 31.4 Å². The summed E-state index contributed by atoms with van der Waals surface area (Å²) in [5.74, 6) is -0.362. The second-order valence-corrected chi connectivity index (χ2v) is 7.53. The second kappa shape index (κ2) is 8.27. The van der Waals surface area contributed by atoms with Gasteiger partial charge in [-0.2, -0.15) is 0 Å². The molecule has 1 aliphatic rings. The first-order valence-electron chi connectivity index (χ1n) is 8.64. The Morgan fingerprint density at radius 2 is 2.04 bits per heavy atom. The number of likely N-dealkylation sites (tertiary alicyclic amines) is 1. The van der Waals surface area contributed by atoms with Crippen molar-refractivity contribution in [2.24, 2.45) is 11.7 Å². The number of amides is 2. The van der Waals surface area contributed by atoms with Crippen LogP contribution in [0.5, 0.6) is 0 Å². The number of rotatable bonds is 6. The number of nitrogens with two attached hydrogens (primary N) is 1. The lowest BCUT2D eigenvalue weighted by Crippen LogP contribution is -3.15. The van der Waals surface area contributed by atoms with Crippen molar-refractivity contribution in [2.45, 2.75) is 18.9 Å². The number of piperidine rings is 1. The number of hydrogen-bond acceptors (Lipinski definition) is 3. The fraction of sp³-hybridized carbons (Fsp3) is 0.368. The molecule has 2 heterocycles. The van der Waals surface area contributed by atoms with Crippen LogP contribution in [0.4, 0.5) is 0 Å². The van der Waals surface area contributed by atoms with E-state index in [9.17, 15) is 9.59 Å². The van der Waals surface area contributed by atoms with E-state index in [1.807, 2.05) is 47.8 Å². The largest absolute Gasteiger partial charge is 0.369 e. The maximum atomic E-state index is 12.6. The van der Waals surface area contributed by atoms with Gasteiger partial charge in [0.2, 0.25) is 5.91 Å². The van der Waals surface area contributed by atoms with E-state index in [1.165, 1.54) is 0 Å². The molecule has 0 bridgehead atoms. The molecule has 2 aromatic rings. The van der Waals surface area contributed by atoms with Crippen LogP contribution in [0.2, 0.25) is 0 Å². The molecular weight excluding hydrogens is 334 g/mol. The maximum absolute atomic E-state index is 12.6. The Labute approximate surface area is 151 Å². The van der Waals surface area contributed by atoms with Crippen molar-refractivity contribution in [3.05, 3.63) is 58.3 Å². The van der Waals surface area contributed by atoms with Gasteiger partial charge in [-0.05, 0) is 29.9 Å². The van der Waals surface area contributed by atoms with Gasteiger partial charge in [-0.15, -0.1) is 11.3 Å². The van der Waals surface area contributed by atoms with Crippen LogP contribution in [0, 0.1) is 5.92 Å². The standard InChI is InChI=1S/C19H23N3O2S/c20-19(24)15-8-4-10-22(12-15)13-17(23)21-18(16-9-5-11-25-16)14-6-2-1-3-7-14/h1-3,5-7,9,11,15,18H,4,8,10,12-13H2,(H2,20,24)(H,21,23)/p+1/t15-,18-/m0/s1. The SMILES string of the molecule is NC(=O)[C@H]1CCC[NH+](CC(=O)N[C@@H](c2ccccc2)c2cccs2)C1. The number of nitrogens with one attached hydrogen (secondary N) is 2. The van der Waals surface area contributed by atoms with E-state index in [0.717, 1.165) is 34.7 Å². The topological polar surface area (TPSA) is 76.6 Å². The Balaban J connectivity index is 1.66. The van der Waals surface area contributed by atoms with E-state index in [4.69, 9.17) is 5.73 Å². The molecule has 1 aliphatic heterocycles. The Hall–Kier alpha value is -2.18. The molecule has 0 spiro atoms. The van der Waals surface area contributed by atoms with Crippen LogP contribution >= 0.6 is 11.3 Å². The number of hydrogen-bond donors (Lipinski definition) is 3. The van der Waals surface area contributed by atoms with Crippen LogP contribution in [0.1, 0.15) is 29.3 Å². The number of carbonyl (C=O) groups excluding carboxylic acids is 2. The molecule has 3 atom stereocenters. The summed E-state index contributed by atoms with van der Waals surface area (Å²) in [5, 5.41) is 5.18. The minimum atomic E-state index is -0.252. The fourth-order valence-corrected chi connectivity index (χ4v) is 4.22. The van der Waals surface area contributed by atoms with E-state index < -0.39 is 0 Å². The van der Waals surface area contributed by atoms with E-state index in [0.29, 0.717) is 13.1 Å². The highest BCUT2D eigenvalue weighted by Gasteiger charge is 2.29. The van der Waals surface area contributed by atoms with Gasteiger partial charge in [0.05, 0.1) is 25.0 Å². The molecule has 0 aliphatic carbocycles. The zero-order chi connectivity index (χ0) is 17.6. The molecule has 3 rings (SSSR count). The molecule has 1 unspecified atom stereocenters. The molecular formula is C19H24N3O2S+. The molecule has 1 aromatic carbocycles. The predicted octanol–water partition coefficient (Wildman–Crippen LogP) is 0.734. The van der Waals surface area contributed by atoms with Crippen molar-refractivity contribution in [1.82, 2.24) is 5.32 Å². The monoisotopic (exact) mass is 358 g/mol. The molecule has 6 heteroatoms. The maximum Gasteiger partial charge on any atom is 0.275 e. The average Bonchev–Trinajstić information content (AvgIpc) is 3.15. The summed E-state index contributed by atoms with van der Waals surface area (Å²) in [6.45, 7) is 1.93. The van der Waals surface area contributed by atoms with Crippen molar-refractivity contribution >= 4 is 23.2 Å². The number of thiophene rings is 1. The van der Waals surface area contributed by atoms with Crippen molar-refractivity contribution in [2.75, 3.05) is 19.6 Å². The van der Waals surface area contributed by atoms with E-state index in [2.05, 4.69) is 5.32 Å². The fourth-order valence-electron chi connectivity index (χ4n) is 3.41. The summed E-state index contributed by atoms with van der Waals surface area (Å²) in [5.41, 5.74) is 6.50. The van der Waals surface area contributed by atoms with Gasteiger partial charge >= 0.3 is 0 Å². The molecule has 25 heavy (non-hydrogen) atoms. The van der Waals surface area contributed by atoms with E-state index in [1.54, 1.807) is 11.3 Å². The van der Waals surface area contributed by atoms with Crippen LogP contribution in [0.25, 0.3) is 0 Å². The molecule has 1 saturated heterocycles. The third-order valence-corrected chi connectivity index (χ3v) is 5.63. The number of carbonyl (C=O) groups is 2. The van der Waals surface area contributed by atoms with Crippen molar-refractivity contribution in [3.63, 3.8) is 0 Å². The Bertz CT molecular complexity index is 703. The van der Waals surface area contributed by atoms with Gasteiger partial charge in [-0.25, -0.2) is 0 Å². The number of primary amides is 1. The van der Waals surface area contributed by atoms with Crippen molar-refractivity contribution < 1.29 is 14.5 Å². The van der Waals surface area contributed by atoms with Gasteiger partial charge in [0.1, 0.15) is 0 Å². The molecule has 4 N–H and O–H groups in total. The number of quaternary nitrogens is 1. The number of benzene rings is 1. The first kappa shape index (κ1) is 17.6. The summed E-state index contributed by atoms with van der Waals surface area (Å²) < 4.78 is 0. The van der Waals surface area contributed by atoms with Crippen molar-refractivity contribution in [1.29, 1.82) is 0 Å². The van der Waals surface area contributed by atoms with Gasteiger partial charge in [-0.3, -0.25) is 9.59 Å². The normalized spacial score (nSPS) is 21.4. The molecule has 1 aromatic heterocycles. The minimum absolute atomic E-state index is 0.00220. The zero-order valence-corrected chi connectivity index (χ0v) is 14.9. The molecule has 5 nitrogen and oxygen atoms in total. The summed E-state index contributed by atoms with van der Waals surface area (Å²) in [6, 6.07) is 13.9. The smallest absolute Gasteiger partial charge is 0.275 e. The average molecular weight is 358 g/mol. The Morgan fingerprint density at radius 3 is 2.72 bits per heavy atom. The summed E-state index contributed by atoms with van der Waals surface area (Å²) in [7, 11) is 0. The molecule has 0 saturated carbocycles. The molecule has 132 valence electrons. The lowest BCUT2D eigenvalue weighted by molar-refractivity contribution is -0.899. The lowest BCUT2D eigenvalue weighted by Gasteiger charge is -2.28. The third kappa shape index (κ3) is 4.67. The van der Waals surface area contributed by atoms with Crippen LogP contribution < -0.4 is 16.0 Å². The first-order chi connectivity index (χ1) is 12.1. The Kier molecular flexibility index (Phi) is 5.83.